The van der Waals surface area contributed by atoms with E-state index in [2.05, 4.69) is 39.8 Å². The van der Waals surface area contributed by atoms with Crippen LogP contribution in [-0.2, 0) is 17.0 Å². The molecule has 0 saturated carbocycles. The fourth-order valence-electron chi connectivity index (χ4n) is 3.94. The van der Waals surface area contributed by atoms with Crippen LogP contribution in [0.1, 0.15) is 52.6 Å². The molecule has 2 aromatic heterocycles. The maximum Gasteiger partial charge on any atom is 0.235 e. The molecule has 1 aliphatic carbocycles. The molecule has 4 rings (SSSR count). The molecule has 0 saturated heterocycles. The van der Waals surface area contributed by atoms with Gasteiger partial charge in [0.05, 0.1) is 23.7 Å². The van der Waals surface area contributed by atoms with Gasteiger partial charge in [-0.3, -0.25) is 4.79 Å². The van der Waals surface area contributed by atoms with Gasteiger partial charge in [-0.05, 0) is 51.2 Å². The molecule has 3 aromatic rings. The van der Waals surface area contributed by atoms with E-state index in [9.17, 15) is 4.79 Å². The lowest BCUT2D eigenvalue weighted by Gasteiger charge is -2.27. The molecule has 0 radical (unpaired) electrons. The first kappa shape index (κ1) is 19.8. The van der Waals surface area contributed by atoms with Crippen LogP contribution in [0.15, 0.2) is 35.0 Å². The molecule has 1 N–H and O–H groups in total. The average molecular weight is 411 g/mol. The van der Waals surface area contributed by atoms with Crippen LogP contribution in [0.3, 0.4) is 0 Å². The number of nitrogens with zero attached hydrogens (tertiary/aromatic N) is 3. The van der Waals surface area contributed by atoms with Gasteiger partial charge in [-0.25, -0.2) is 4.68 Å². The highest BCUT2D eigenvalue weighted by Crippen LogP contribution is 2.35. The van der Waals surface area contributed by atoms with Crippen LogP contribution >= 0.6 is 11.8 Å². The number of aromatic nitrogens is 3. The molecular formula is C22H26N4O2S. The van der Waals surface area contributed by atoms with Crippen molar-refractivity contribution in [1.82, 2.24) is 14.9 Å². The Morgan fingerprint density at radius 3 is 2.93 bits per heavy atom. The topological polar surface area (TPSA) is 73.0 Å². The van der Waals surface area contributed by atoms with Gasteiger partial charge >= 0.3 is 0 Å². The molecule has 152 valence electrons. The highest BCUT2D eigenvalue weighted by atomic mass is 32.2. The van der Waals surface area contributed by atoms with E-state index >= 15 is 0 Å². The van der Waals surface area contributed by atoms with Crippen LogP contribution in [0.5, 0.6) is 0 Å². The van der Waals surface area contributed by atoms with Crippen LogP contribution in [-0.4, -0.2) is 26.6 Å². The molecule has 1 aromatic carbocycles. The second-order valence-electron chi connectivity index (χ2n) is 7.57. The summed E-state index contributed by atoms with van der Waals surface area (Å²) in [5.74, 6) is 2.68. The molecule has 0 fully saturated rings. The second-order valence-corrected chi connectivity index (χ2v) is 8.56. The molecular weight excluding hydrogens is 384 g/mol. The number of hydrogen-bond donors (Lipinski definition) is 1. The van der Waals surface area contributed by atoms with Crippen molar-refractivity contribution in [3.63, 3.8) is 0 Å². The molecule has 0 bridgehead atoms. The van der Waals surface area contributed by atoms with Crippen LogP contribution < -0.4 is 5.32 Å². The molecule has 6 nitrogen and oxygen atoms in total. The van der Waals surface area contributed by atoms with Crippen LogP contribution in [0.4, 0.5) is 5.82 Å². The highest BCUT2D eigenvalue weighted by molar-refractivity contribution is 7.99. The maximum absolute atomic E-state index is 12.6. The van der Waals surface area contributed by atoms with Gasteiger partial charge in [0.25, 0.3) is 0 Å². The number of fused-ring (bicyclic) bond motifs is 1. The van der Waals surface area contributed by atoms with Gasteiger partial charge < -0.3 is 9.84 Å². The van der Waals surface area contributed by atoms with Gasteiger partial charge in [0, 0.05) is 16.9 Å². The van der Waals surface area contributed by atoms with Crippen LogP contribution in [0, 0.1) is 20.8 Å². The zero-order chi connectivity index (χ0) is 20.4. The predicted molar refractivity (Wildman–Crippen MR) is 115 cm³/mol. The Bertz CT molecular complexity index is 1000. The Hall–Kier alpha value is -2.54. The Morgan fingerprint density at radius 2 is 2.14 bits per heavy atom. The summed E-state index contributed by atoms with van der Waals surface area (Å²) < 4.78 is 7.18. The normalized spacial score (nSPS) is 15.9. The number of rotatable bonds is 6. The van der Waals surface area contributed by atoms with Crippen molar-refractivity contribution >= 4 is 23.5 Å². The lowest BCUT2D eigenvalue weighted by atomic mass is 9.88. The van der Waals surface area contributed by atoms with Crippen molar-refractivity contribution in [1.29, 1.82) is 0 Å². The summed E-state index contributed by atoms with van der Waals surface area (Å²) >= 11 is 1.56. The molecule has 1 unspecified atom stereocenters. The number of benzene rings is 1. The maximum atomic E-state index is 12.6. The summed E-state index contributed by atoms with van der Waals surface area (Å²) in [6.07, 6.45) is 5.10. The minimum absolute atomic E-state index is 0.0179. The minimum Gasteiger partial charge on any atom is -0.361 e. The Kier molecular flexibility index (Phi) is 5.76. The third kappa shape index (κ3) is 4.10. The lowest BCUT2D eigenvalue weighted by Crippen LogP contribution is -2.23. The summed E-state index contributed by atoms with van der Waals surface area (Å²) in [4.78, 5) is 12.6. The minimum atomic E-state index is -0.0179. The molecule has 1 amide bonds. The molecule has 0 aliphatic heterocycles. The van der Waals surface area contributed by atoms with Crippen molar-refractivity contribution < 1.29 is 9.32 Å². The van der Waals surface area contributed by atoms with Gasteiger partial charge in [0.15, 0.2) is 0 Å². The molecule has 0 spiro atoms. The molecule has 7 heteroatoms. The monoisotopic (exact) mass is 410 g/mol. The molecule has 1 aliphatic rings. The van der Waals surface area contributed by atoms with E-state index in [1.165, 1.54) is 11.1 Å². The highest BCUT2D eigenvalue weighted by Gasteiger charge is 2.25. The third-order valence-electron chi connectivity index (χ3n) is 5.53. The molecule has 2 heterocycles. The van der Waals surface area contributed by atoms with Crippen molar-refractivity contribution in [2.45, 2.75) is 51.8 Å². The number of nitrogens with one attached hydrogen (secondary N) is 1. The van der Waals surface area contributed by atoms with Gasteiger partial charge in [-0.1, -0.05) is 29.4 Å². The van der Waals surface area contributed by atoms with Crippen LogP contribution in [0.2, 0.25) is 0 Å². The van der Waals surface area contributed by atoms with Crippen LogP contribution in [0.25, 0.3) is 0 Å². The second kappa shape index (κ2) is 8.45. The number of hydrogen-bond acceptors (Lipinski definition) is 5. The lowest BCUT2D eigenvalue weighted by molar-refractivity contribution is -0.113. The fraction of sp³-hybridized carbons (Fsp3) is 0.409. The van der Waals surface area contributed by atoms with Gasteiger partial charge in [-0.15, -0.1) is 11.8 Å². The van der Waals surface area contributed by atoms with E-state index in [1.54, 1.807) is 11.8 Å². The van der Waals surface area contributed by atoms with Crippen molar-refractivity contribution in [2.75, 3.05) is 11.1 Å². The van der Waals surface area contributed by atoms with E-state index in [0.29, 0.717) is 11.5 Å². The summed E-state index contributed by atoms with van der Waals surface area (Å²) in [5.41, 5.74) is 5.63. The number of aryl methyl sites for hydroxylation is 4. The van der Waals surface area contributed by atoms with Crippen molar-refractivity contribution in [3.05, 3.63) is 64.2 Å². The molecule has 1 atom stereocenters. The summed E-state index contributed by atoms with van der Waals surface area (Å²) in [6, 6.07) is 8.72. The Balaban J connectivity index is 1.45. The fourth-order valence-corrected chi connectivity index (χ4v) is 4.92. The van der Waals surface area contributed by atoms with E-state index < -0.39 is 0 Å². The number of anilines is 1. The van der Waals surface area contributed by atoms with Gasteiger partial charge in [0.2, 0.25) is 5.91 Å². The largest absolute Gasteiger partial charge is 0.361 e. The Morgan fingerprint density at radius 1 is 1.31 bits per heavy atom. The van der Waals surface area contributed by atoms with Gasteiger partial charge in [0.1, 0.15) is 11.6 Å². The quantitative estimate of drug-likeness (QED) is 0.643. The number of carbonyl (C=O) groups is 1. The SMILES string of the molecule is Cc1cnn(C2CCCc3ccccc32)c1NC(=O)CSCc1c(C)noc1C. The number of carbonyl (C=O) groups excluding carboxylic acids is 1. The average Bonchev–Trinajstić information content (AvgIpc) is 3.24. The molecule has 29 heavy (non-hydrogen) atoms. The van der Waals surface area contributed by atoms with Gasteiger partial charge in [-0.2, -0.15) is 5.10 Å². The summed E-state index contributed by atoms with van der Waals surface area (Å²) in [5, 5.41) is 11.7. The zero-order valence-corrected chi connectivity index (χ0v) is 17.9. The third-order valence-corrected chi connectivity index (χ3v) is 6.49. The smallest absolute Gasteiger partial charge is 0.235 e. The van der Waals surface area contributed by atoms with E-state index in [4.69, 9.17) is 4.52 Å². The predicted octanol–water partition coefficient (Wildman–Crippen LogP) is 4.59. The first-order valence-corrected chi connectivity index (χ1v) is 11.1. The van der Waals surface area contributed by atoms with Crippen molar-refractivity contribution in [3.8, 4) is 0 Å². The van der Waals surface area contributed by atoms with E-state index in [-0.39, 0.29) is 11.9 Å². The first-order valence-electron chi connectivity index (χ1n) is 9.96. The standard InChI is InChI=1S/C22H26N4O2S/c1-14-11-23-26(20-10-6-8-17-7-4-5-9-18(17)20)22(14)24-21(27)13-29-12-19-15(2)25-28-16(19)3/h4-5,7,9,11,20H,6,8,10,12-13H2,1-3H3,(H,24,27). The zero-order valence-electron chi connectivity index (χ0n) is 17.1. The summed E-state index contributed by atoms with van der Waals surface area (Å²) in [6.45, 7) is 5.82. The summed E-state index contributed by atoms with van der Waals surface area (Å²) in [7, 11) is 0. The van der Waals surface area contributed by atoms with Crippen molar-refractivity contribution in [2.24, 2.45) is 0 Å². The van der Waals surface area contributed by atoms with E-state index in [0.717, 1.165) is 47.7 Å². The first-order chi connectivity index (χ1) is 14.0. The Labute approximate surface area is 175 Å². The van der Waals surface area contributed by atoms with E-state index in [1.807, 2.05) is 31.6 Å². The number of thioether (sulfide) groups is 1. The number of amides is 1.